The first-order valence-electron chi connectivity index (χ1n) is 7.52. The molecule has 0 N–H and O–H groups in total. The standard InChI is InChI=1S/C17H25NO3/c1-17(2,3)21-16(19)18-11-7-9-14(18)12-13-8-5-6-10-15(13)20-4/h5-6,8,10,14H,7,9,11-12H2,1-4H3/t14-/m0/s1. The third kappa shape index (κ3) is 4.13. The van der Waals surface area contributed by atoms with Crippen molar-refractivity contribution in [2.45, 2.75) is 51.7 Å². The van der Waals surface area contributed by atoms with Gasteiger partial charge in [-0.1, -0.05) is 18.2 Å². The van der Waals surface area contributed by atoms with Gasteiger partial charge in [0.25, 0.3) is 0 Å². The third-order valence-electron chi connectivity index (χ3n) is 3.65. The highest BCUT2D eigenvalue weighted by atomic mass is 16.6. The largest absolute Gasteiger partial charge is 0.496 e. The van der Waals surface area contributed by atoms with E-state index in [4.69, 9.17) is 9.47 Å². The van der Waals surface area contributed by atoms with Crippen LogP contribution in [0.1, 0.15) is 39.2 Å². The Kier molecular flexibility index (Phi) is 4.76. The number of hydrogen-bond acceptors (Lipinski definition) is 3. The van der Waals surface area contributed by atoms with E-state index in [1.54, 1.807) is 7.11 Å². The van der Waals surface area contributed by atoms with E-state index in [1.807, 2.05) is 43.9 Å². The lowest BCUT2D eigenvalue weighted by molar-refractivity contribution is 0.0226. The zero-order chi connectivity index (χ0) is 15.5. The Morgan fingerprint density at radius 3 is 2.71 bits per heavy atom. The molecule has 1 aromatic carbocycles. The fraction of sp³-hybridized carbons (Fsp3) is 0.588. The zero-order valence-corrected chi connectivity index (χ0v) is 13.4. The van der Waals surface area contributed by atoms with Gasteiger partial charge < -0.3 is 14.4 Å². The minimum Gasteiger partial charge on any atom is -0.496 e. The number of nitrogens with zero attached hydrogens (tertiary/aromatic N) is 1. The van der Waals surface area contributed by atoms with Gasteiger partial charge in [0.2, 0.25) is 0 Å². The summed E-state index contributed by atoms with van der Waals surface area (Å²) in [5, 5.41) is 0. The first-order chi connectivity index (χ1) is 9.90. The number of ether oxygens (including phenoxy) is 2. The molecule has 1 amide bonds. The molecule has 1 saturated heterocycles. The second-order valence-electron chi connectivity index (χ2n) is 6.49. The van der Waals surface area contributed by atoms with Gasteiger partial charge in [-0.3, -0.25) is 0 Å². The lowest BCUT2D eigenvalue weighted by Crippen LogP contribution is -2.40. The first-order valence-corrected chi connectivity index (χ1v) is 7.52. The molecular weight excluding hydrogens is 266 g/mol. The van der Waals surface area contributed by atoms with Gasteiger partial charge in [0.1, 0.15) is 11.4 Å². The Balaban J connectivity index is 2.07. The topological polar surface area (TPSA) is 38.8 Å². The van der Waals surface area contributed by atoms with Crippen LogP contribution in [-0.2, 0) is 11.2 Å². The maximum absolute atomic E-state index is 12.3. The van der Waals surface area contributed by atoms with Crippen molar-refractivity contribution in [3.8, 4) is 5.75 Å². The average molecular weight is 291 g/mol. The molecular formula is C17H25NO3. The number of carbonyl (C=O) groups is 1. The van der Waals surface area contributed by atoms with Crippen molar-refractivity contribution in [1.29, 1.82) is 0 Å². The summed E-state index contributed by atoms with van der Waals surface area (Å²) in [4.78, 5) is 14.1. The second-order valence-corrected chi connectivity index (χ2v) is 6.49. The molecule has 4 heteroatoms. The molecule has 0 bridgehead atoms. The number of methoxy groups -OCH3 is 1. The van der Waals surface area contributed by atoms with Crippen molar-refractivity contribution in [3.63, 3.8) is 0 Å². The normalized spacial score (nSPS) is 18.7. The van der Waals surface area contributed by atoms with Gasteiger partial charge in [0, 0.05) is 12.6 Å². The van der Waals surface area contributed by atoms with Gasteiger partial charge in [0.15, 0.2) is 0 Å². The third-order valence-corrected chi connectivity index (χ3v) is 3.65. The van der Waals surface area contributed by atoms with E-state index in [9.17, 15) is 4.79 Å². The summed E-state index contributed by atoms with van der Waals surface area (Å²) in [6, 6.07) is 8.18. The van der Waals surface area contributed by atoms with Crippen LogP contribution in [0.4, 0.5) is 4.79 Å². The van der Waals surface area contributed by atoms with Crippen LogP contribution in [0.15, 0.2) is 24.3 Å². The van der Waals surface area contributed by atoms with Crippen LogP contribution in [0.2, 0.25) is 0 Å². The molecule has 1 heterocycles. The Hall–Kier alpha value is -1.71. The van der Waals surface area contributed by atoms with E-state index < -0.39 is 5.60 Å². The summed E-state index contributed by atoms with van der Waals surface area (Å²) < 4.78 is 10.9. The van der Waals surface area contributed by atoms with Gasteiger partial charge in [-0.05, 0) is 51.7 Å². The number of rotatable bonds is 3. The van der Waals surface area contributed by atoms with Gasteiger partial charge in [-0.2, -0.15) is 0 Å². The fourth-order valence-corrected chi connectivity index (χ4v) is 2.73. The molecule has 4 nitrogen and oxygen atoms in total. The molecule has 0 aromatic heterocycles. The summed E-state index contributed by atoms with van der Waals surface area (Å²) in [7, 11) is 1.68. The van der Waals surface area contributed by atoms with Gasteiger partial charge in [-0.15, -0.1) is 0 Å². The maximum Gasteiger partial charge on any atom is 0.410 e. The predicted molar refractivity (Wildman–Crippen MR) is 82.7 cm³/mol. The molecule has 0 unspecified atom stereocenters. The molecule has 116 valence electrons. The van der Waals surface area contributed by atoms with E-state index in [1.165, 1.54) is 0 Å². The average Bonchev–Trinajstić information content (AvgIpc) is 2.85. The molecule has 1 fully saturated rings. The minimum absolute atomic E-state index is 0.191. The Morgan fingerprint density at radius 2 is 2.05 bits per heavy atom. The van der Waals surface area contributed by atoms with E-state index in [0.717, 1.165) is 37.1 Å². The summed E-state index contributed by atoms with van der Waals surface area (Å²) in [6.45, 7) is 6.47. The summed E-state index contributed by atoms with van der Waals surface area (Å²) in [5.74, 6) is 0.883. The highest BCUT2D eigenvalue weighted by molar-refractivity contribution is 5.69. The molecule has 1 atom stereocenters. The van der Waals surface area contributed by atoms with Crippen molar-refractivity contribution in [3.05, 3.63) is 29.8 Å². The molecule has 1 aromatic rings. The van der Waals surface area contributed by atoms with Crippen molar-refractivity contribution < 1.29 is 14.3 Å². The lowest BCUT2D eigenvalue weighted by atomic mass is 10.0. The molecule has 0 aliphatic carbocycles. The van der Waals surface area contributed by atoms with Gasteiger partial charge in [0.05, 0.1) is 7.11 Å². The quantitative estimate of drug-likeness (QED) is 0.853. The number of benzene rings is 1. The molecule has 0 saturated carbocycles. The maximum atomic E-state index is 12.3. The number of hydrogen-bond donors (Lipinski definition) is 0. The molecule has 0 spiro atoms. The van der Waals surface area contributed by atoms with Crippen molar-refractivity contribution in [2.24, 2.45) is 0 Å². The smallest absolute Gasteiger partial charge is 0.410 e. The van der Waals surface area contributed by atoms with Gasteiger partial charge in [-0.25, -0.2) is 4.79 Å². The van der Waals surface area contributed by atoms with Crippen LogP contribution >= 0.6 is 0 Å². The van der Waals surface area contributed by atoms with Crippen LogP contribution in [0.3, 0.4) is 0 Å². The monoisotopic (exact) mass is 291 g/mol. The van der Waals surface area contributed by atoms with Crippen LogP contribution in [0.5, 0.6) is 5.75 Å². The predicted octanol–water partition coefficient (Wildman–Crippen LogP) is 3.64. The number of para-hydroxylation sites is 1. The Bertz CT molecular complexity index is 493. The Morgan fingerprint density at radius 1 is 1.33 bits per heavy atom. The molecule has 1 aliphatic heterocycles. The van der Waals surface area contributed by atoms with Crippen LogP contribution in [0, 0.1) is 0 Å². The molecule has 0 radical (unpaired) electrons. The first kappa shape index (κ1) is 15.7. The second kappa shape index (κ2) is 6.37. The number of carbonyl (C=O) groups excluding carboxylic acids is 1. The molecule has 21 heavy (non-hydrogen) atoms. The summed E-state index contributed by atoms with van der Waals surface area (Å²) in [6.07, 6.45) is 2.64. The van der Waals surface area contributed by atoms with Crippen LogP contribution in [-0.4, -0.2) is 36.3 Å². The summed E-state index contributed by atoms with van der Waals surface area (Å²) in [5.41, 5.74) is 0.690. The van der Waals surface area contributed by atoms with Gasteiger partial charge >= 0.3 is 6.09 Å². The molecule has 2 rings (SSSR count). The highest BCUT2D eigenvalue weighted by Gasteiger charge is 2.32. The Labute approximate surface area is 127 Å². The van der Waals surface area contributed by atoms with Crippen LogP contribution in [0.25, 0.3) is 0 Å². The van der Waals surface area contributed by atoms with E-state index in [2.05, 4.69) is 6.07 Å². The fourth-order valence-electron chi connectivity index (χ4n) is 2.73. The van der Waals surface area contributed by atoms with E-state index in [-0.39, 0.29) is 12.1 Å². The minimum atomic E-state index is -0.450. The van der Waals surface area contributed by atoms with Crippen molar-refractivity contribution in [1.82, 2.24) is 4.90 Å². The van der Waals surface area contributed by atoms with Crippen molar-refractivity contribution in [2.75, 3.05) is 13.7 Å². The van der Waals surface area contributed by atoms with Crippen molar-refractivity contribution >= 4 is 6.09 Å². The lowest BCUT2D eigenvalue weighted by Gasteiger charge is -2.29. The summed E-state index contributed by atoms with van der Waals surface area (Å²) >= 11 is 0. The molecule has 1 aliphatic rings. The van der Waals surface area contributed by atoms with E-state index in [0.29, 0.717) is 0 Å². The highest BCUT2D eigenvalue weighted by Crippen LogP contribution is 2.27. The number of amides is 1. The van der Waals surface area contributed by atoms with Crippen LogP contribution < -0.4 is 4.74 Å². The zero-order valence-electron chi connectivity index (χ0n) is 13.4. The number of likely N-dealkylation sites (tertiary alicyclic amines) is 1. The SMILES string of the molecule is COc1ccccc1C[C@@H]1CCCN1C(=O)OC(C)(C)C. The van der Waals surface area contributed by atoms with E-state index >= 15 is 0 Å².